The lowest BCUT2D eigenvalue weighted by Crippen LogP contribution is -2.07. The summed E-state index contributed by atoms with van der Waals surface area (Å²) < 4.78 is 21.1. The van der Waals surface area contributed by atoms with Gasteiger partial charge in [0.15, 0.2) is 0 Å². The first-order chi connectivity index (χ1) is 9.65. The van der Waals surface area contributed by atoms with Crippen LogP contribution in [0, 0.1) is 18.7 Å². The second-order valence-corrected chi connectivity index (χ2v) is 5.58. The molecule has 0 aliphatic heterocycles. The highest BCUT2D eigenvalue weighted by atomic mass is 19.1. The third-order valence-corrected chi connectivity index (χ3v) is 3.78. The van der Waals surface area contributed by atoms with Gasteiger partial charge in [0.2, 0.25) is 5.95 Å². The van der Waals surface area contributed by atoms with Gasteiger partial charge in [-0.25, -0.2) is 9.37 Å². The van der Waals surface area contributed by atoms with Crippen LogP contribution in [0.15, 0.2) is 12.1 Å². The summed E-state index contributed by atoms with van der Waals surface area (Å²) in [4.78, 5) is 4.21. The highest BCUT2D eigenvalue weighted by Gasteiger charge is 2.20. The maximum Gasteiger partial charge on any atom is 0.201 e. The number of nitrogens with two attached hydrogens (primary N) is 1. The second-order valence-electron chi connectivity index (χ2n) is 5.58. The first-order valence-electron chi connectivity index (χ1n) is 7.15. The van der Waals surface area contributed by atoms with Crippen LogP contribution in [0.2, 0.25) is 0 Å². The quantitative estimate of drug-likeness (QED) is 0.826. The Kier molecular flexibility index (Phi) is 3.61. The number of aromatic nitrogens is 2. The van der Waals surface area contributed by atoms with Gasteiger partial charge in [-0.2, -0.15) is 0 Å². The Balaban J connectivity index is 1.66. The van der Waals surface area contributed by atoms with Crippen LogP contribution in [0.25, 0.3) is 11.0 Å². The van der Waals surface area contributed by atoms with E-state index in [1.54, 1.807) is 13.0 Å². The van der Waals surface area contributed by atoms with Gasteiger partial charge in [-0.1, -0.05) is 0 Å². The Morgan fingerprint density at radius 3 is 3.00 bits per heavy atom. The van der Waals surface area contributed by atoms with Gasteiger partial charge in [-0.3, -0.25) is 0 Å². The number of nitrogens with zero attached hydrogens (tertiary/aromatic N) is 2. The summed E-state index contributed by atoms with van der Waals surface area (Å²) in [6, 6.07) is 3.25. The van der Waals surface area contributed by atoms with E-state index in [1.165, 1.54) is 18.9 Å². The molecule has 3 rings (SSSR count). The number of nitrogen functional groups attached to an aromatic ring is 1. The number of imidazole rings is 1. The smallest absolute Gasteiger partial charge is 0.201 e. The van der Waals surface area contributed by atoms with E-state index < -0.39 is 0 Å². The molecular weight excluding hydrogens is 257 g/mol. The third kappa shape index (κ3) is 2.77. The predicted molar refractivity (Wildman–Crippen MR) is 77.0 cm³/mol. The maximum absolute atomic E-state index is 13.5. The molecule has 4 nitrogen and oxygen atoms in total. The fourth-order valence-corrected chi connectivity index (χ4v) is 2.36. The number of rotatable bonds is 6. The molecule has 1 aromatic heterocycles. The number of halogens is 1. The van der Waals surface area contributed by atoms with E-state index in [9.17, 15) is 4.39 Å². The molecule has 0 spiro atoms. The minimum Gasteiger partial charge on any atom is -0.381 e. The molecule has 108 valence electrons. The zero-order valence-electron chi connectivity index (χ0n) is 11.7. The van der Waals surface area contributed by atoms with E-state index in [4.69, 9.17) is 10.5 Å². The van der Waals surface area contributed by atoms with Gasteiger partial charge in [-0.05, 0) is 43.7 Å². The fourth-order valence-electron chi connectivity index (χ4n) is 2.36. The van der Waals surface area contributed by atoms with Crippen LogP contribution in [0.4, 0.5) is 10.3 Å². The SMILES string of the molecule is Cc1cc2c(cc1F)nc(N)n2CCCOCC1CC1. The molecule has 0 unspecified atom stereocenters. The minimum absolute atomic E-state index is 0.241. The molecule has 0 radical (unpaired) electrons. The molecule has 0 amide bonds. The topological polar surface area (TPSA) is 53.1 Å². The number of fused-ring (bicyclic) bond motifs is 1. The minimum atomic E-state index is -0.241. The van der Waals surface area contributed by atoms with Crippen molar-refractivity contribution in [2.75, 3.05) is 18.9 Å². The molecule has 1 fully saturated rings. The molecule has 1 aliphatic rings. The molecule has 20 heavy (non-hydrogen) atoms. The summed E-state index contributed by atoms with van der Waals surface area (Å²) in [5.74, 6) is 0.988. The number of hydrogen-bond acceptors (Lipinski definition) is 3. The van der Waals surface area contributed by atoms with E-state index in [0.29, 0.717) is 17.0 Å². The standard InChI is InChI=1S/C15H20FN3O/c1-10-7-14-13(8-12(10)16)18-15(17)19(14)5-2-6-20-9-11-3-4-11/h7-8,11H,2-6,9H2,1H3,(H2,17,18). The molecule has 0 saturated heterocycles. The fraction of sp³-hybridized carbons (Fsp3) is 0.533. The van der Waals surface area contributed by atoms with Crippen LogP contribution in [0.1, 0.15) is 24.8 Å². The zero-order chi connectivity index (χ0) is 14.1. The number of anilines is 1. The Labute approximate surface area is 117 Å². The zero-order valence-corrected chi connectivity index (χ0v) is 11.7. The van der Waals surface area contributed by atoms with Crippen molar-refractivity contribution in [2.45, 2.75) is 32.7 Å². The van der Waals surface area contributed by atoms with E-state index in [0.717, 1.165) is 37.6 Å². The molecule has 2 N–H and O–H groups in total. The van der Waals surface area contributed by atoms with Crippen LogP contribution in [0.3, 0.4) is 0 Å². The van der Waals surface area contributed by atoms with E-state index in [-0.39, 0.29) is 5.82 Å². The average Bonchev–Trinajstić information content (AvgIpc) is 3.17. The van der Waals surface area contributed by atoms with Gasteiger partial charge in [-0.15, -0.1) is 0 Å². The van der Waals surface area contributed by atoms with Crippen molar-refractivity contribution in [3.63, 3.8) is 0 Å². The Hall–Kier alpha value is -1.62. The first-order valence-corrected chi connectivity index (χ1v) is 7.15. The maximum atomic E-state index is 13.5. The summed E-state index contributed by atoms with van der Waals surface area (Å²) >= 11 is 0. The normalized spacial score (nSPS) is 15.1. The molecule has 5 heteroatoms. The summed E-state index contributed by atoms with van der Waals surface area (Å²) in [6.45, 7) is 4.11. The summed E-state index contributed by atoms with van der Waals surface area (Å²) in [5, 5.41) is 0. The predicted octanol–water partition coefficient (Wildman–Crippen LogP) is 2.88. The van der Waals surface area contributed by atoms with Crippen molar-refractivity contribution < 1.29 is 9.13 Å². The summed E-state index contributed by atoms with van der Waals surface area (Å²) in [6.07, 6.45) is 3.51. The largest absolute Gasteiger partial charge is 0.381 e. The third-order valence-electron chi connectivity index (χ3n) is 3.78. The summed E-state index contributed by atoms with van der Waals surface area (Å²) in [7, 11) is 0. The molecular formula is C15H20FN3O. The van der Waals surface area contributed by atoms with Crippen LogP contribution in [-0.2, 0) is 11.3 Å². The van der Waals surface area contributed by atoms with Crippen LogP contribution in [0.5, 0.6) is 0 Å². The number of ether oxygens (including phenoxy) is 1. The van der Waals surface area contributed by atoms with E-state index in [2.05, 4.69) is 4.98 Å². The van der Waals surface area contributed by atoms with Crippen LogP contribution < -0.4 is 5.73 Å². The van der Waals surface area contributed by atoms with Gasteiger partial charge < -0.3 is 15.0 Å². The molecule has 1 aliphatic carbocycles. The average molecular weight is 277 g/mol. The summed E-state index contributed by atoms with van der Waals surface area (Å²) in [5.41, 5.74) is 8.04. The molecule has 1 heterocycles. The van der Waals surface area contributed by atoms with Crippen molar-refractivity contribution in [1.29, 1.82) is 0 Å². The lowest BCUT2D eigenvalue weighted by Gasteiger charge is -2.07. The second kappa shape index (κ2) is 5.40. The van der Waals surface area contributed by atoms with E-state index in [1.807, 2.05) is 4.57 Å². The van der Waals surface area contributed by atoms with Crippen LogP contribution in [-0.4, -0.2) is 22.8 Å². The van der Waals surface area contributed by atoms with Crippen molar-refractivity contribution in [3.05, 3.63) is 23.5 Å². The number of aryl methyl sites for hydroxylation is 2. The van der Waals surface area contributed by atoms with Crippen molar-refractivity contribution >= 4 is 17.0 Å². The van der Waals surface area contributed by atoms with Gasteiger partial charge in [0.05, 0.1) is 11.0 Å². The monoisotopic (exact) mass is 277 g/mol. The Bertz CT molecular complexity index is 619. The first kappa shape index (κ1) is 13.4. The highest BCUT2D eigenvalue weighted by Crippen LogP contribution is 2.28. The number of hydrogen-bond donors (Lipinski definition) is 1. The highest BCUT2D eigenvalue weighted by molar-refractivity contribution is 5.79. The molecule has 2 aromatic rings. The molecule has 0 atom stereocenters. The van der Waals surface area contributed by atoms with Crippen molar-refractivity contribution in [3.8, 4) is 0 Å². The lowest BCUT2D eigenvalue weighted by atomic mass is 10.2. The molecule has 1 saturated carbocycles. The van der Waals surface area contributed by atoms with E-state index >= 15 is 0 Å². The Morgan fingerprint density at radius 1 is 1.45 bits per heavy atom. The van der Waals surface area contributed by atoms with Gasteiger partial charge >= 0.3 is 0 Å². The van der Waals surface area contributed by atoms with Gasteiger partial charge in [0, 0.05) is 25.8 Å². The van der Waals surface area contributed by atoms with Crippen molar-refractivity contribution in [1.82, 2.24) is 9.55 Å². The molecule has 0 bridgehead atoms. The van der Waals surface area contributed by atoms with Gasteiger partial charge in [0.25, 0.3) is 0 Å². The Morgan fingerprint density at radius 2 is 2.25 bits per heavy atom. The van der Waals surface area contributed by atoms with Gasteiger partial charge in [0.1, 0.15) is 5.82 Å². The number of benzene rings is 1. The van der Waals surface area contributed by atoms with Crippen molar-refractivity contribution in [2.24, 2.45) is 5.92 Å². The lowest BCUT2D eigenvalue weighted by molar-refractivity contribution is 0.119. The molecule has 1 aromatic carbocycles. The van der Waals surface area contributed by atoms with Crippen LogP contribution >= 0.6 is 0 Å².